The minimum atomic E-state index is -0.773. The molecule has 0 heterocycles. The lowest BCUT2D eigenvalue weighted by Crippen LogP contribution is -2.46. The SMILES string of the molecule is CCCC(C)N(C)C(=O)C(=O)NN. The number of hydrogen-bond donors (Lipinski definition) is 2. The highest BCUT2D eigenvalue weighted by molar-refractivity contribution is 6.34. The van der Waals surface area contributed by atoms with E-state index in [0.717, 1.165) is 12.8 Å². The molecule has 0 spiro atoms. The standard InChI is InChI=1S/C8H17N3O2/c1-4-5-6(2)11(3)8(13)7(12)10-9/h6H,4-5,9H2,1-3H3,(H,10,12). The molecule has 0 rings (SSSR count). The van der Waals surface area contributed by atoms with E-state index >= 15 is 0 Å². The zero-order chi connectivity index (χ0) is 10.4. The van der Waals surface area contributed by atoms with Crippen LogP contribution in [0, 0.1) is 0 Å². The molecule has 0 aromatic heterocycles. The van der Waals surface area contributed by atoms with Crippen LogP contribution in [0.3, 0.4) is 0 Å². The molecule has 0 fully saturated rings. The summed E-state index contributed by atoms with van der Waals surface area (Å²) < 4.78 is 0. The van der Waals surface area contributed by atoms with E-state index in [0.29, 0.717) is 0 Å². The molecule has 1 unspecified atom stereocenters. The fourth-order valence-corrected chi connectivity index (χ4v) is 1.03. The minimum Gasteiger partial charge on any atom is -0.335 e. The molecule has 0 bridgehead atoms. The summed E-state index contributed by atoms with van der Waals surface area (Å²) in [5.41, 5.74) is 1.81. The number of nitrogens with zero attached hydrogens (tertiary/aromatic N) is 1. The van der Waals surface area contributed by atoms with Crippen LogP contribution in [0.2, 0.25) is 0 Å². The number of carbonyl (C=O) groups excluding carboxylic acids is 2. The van der Waals surface area contributed by atoms with E-state index in [2.05, 4.69) is 0 Å². The first-order valence-electron chi connectivity index (χ1n) is 4.32. The molecular formula is C8H17N3O2. The molecule has 2 amide bonds. The van der Waals surface area contributed by atoms with Gasteiger partial charge in [0.2, 0.25) is 0 Å². The third-order valence-electron chi connectivity index (χ3n) is 2.01. The number of amides is 2. The Bertz CT molecular complexity index is 194. The predicted molar refractivity (Wildman–Crippen MR) is 49.5 cm³/mol. The van der Waals surface area contributed by atoms with Crippen molar-refractivity contribution in [2.24, 2.45) is 5.84 Å². The summed E-state index contributed by atoms with van der Waals surface area (Å²) in [5.74, 6) is 3.47. The third kappa shape index (κ3) is 3.42. The average molecular weight is 187 g/mol. The fourth-order valence-electron chi connectivity index (χ4n) is 1.03. The summed E-state index contributed by atoms with van der Waals surface area (Å²) >= 11 is 0. The molecule has 76 valence electrons. The normalized spacial score (nSPS) is 12.0. The second-order valence-electron chi connectivity index (χ2n) is 3.03. The molecule has 0 aromatic carbocycles. The van der Waals surface area contributed by atoms with Crippen molar-refractivity contribution >= 4 is 11.8 Å². The van der Waals surface area contributed by atoms with E-state index in [1.807, 2.05) is 19.3 Å². The van der Waals surface area contributed by atoms with Crippen molar-refractivity contribution in [1.82, 2.24) is 10.3 Å². The Morgan fingerprint density at radius 2 is 2.08 bits per heavy atom. The van der Waals surface area contributed by atoms with Crippen LogP contribution in [0.4, 0.5) is 0 Å². The zero-order valence-corrected chi connectivity index (χ0v) is 8.33. The van der Waals surface area contributed by atoms with Crippen LogP contribution < -0.4 is 11.3 Å². The van der Waals surface area contributed by atoms with E-state index in [-0.39, 0.29) is 6.04 Å². The monoisotopic (exact) mass is 187 g/mol. The first-order valence-corrected chi connectivity index (χ1v) is 4.32. The molecular weight excluding hydrogens is 170 g/mol. The van der Waals surface area contributed by atoms with Gasteiger partial charge in [0, 0.05) is 13.1 Å². The molecule has 0 radical (unpaired) electrons. The van der Waals surface area contributed by atoms with Gasteiger partial charge in [-0.1, -0.05) is 13.3 Å². The van der Waals surface area contributed by atoms with E-state index in [1.165, 1.54) is 4.90 Å². The third-order valence-corrected chi connectivity index (χ3v) is 2.01. The van der Waals surface area contributed by atoms with E-state index in [9.17, 15) is 9.59 Å². The Hall–Kier alpha value is -1.10. The van der Waals surface area contributed by atoms with Gasteiger partial charge in [0.05, 0.1) is 0 Å². The Balaban J connectivity index is 4.16. The number of rotatable bonds is 3. The van der Waals surface area contributed by atoms with Crippen LogP contribution in [0.15, 0.2) is 0 Å². The molecule has 1 atom stereocenters. The maximum atomic E-state index is 11.2. The summed E-state index contributed by atoms with van der Waals surface area (Å²) in [5, 5.41) is 0. The second-order valence-corrected chi connectivity index (χ2v) is 3.03. The summed E-state index contributed by atoms with van der Waals surface area (Å²) in [4.78, 5) is 23.5. The van der Waals surface area contributed by atoms with Crippen molar-refractivity contribution in [2.45, 2.75) is 32.7 Å². The van der Waals surface area contributed by atoms with Crippen LogP contribution >= 0.6 is 0 Å². The van der Waals surface area contributed by atoms with Gasteiger partial charge in [-0.2, -0.15) is 0 Å². The molecule has 3 N–H and O–H groups in total. The van der Waals surface area contributed by atoms with Crippen LogP contribution in [0.5, 0.6) is 0 Å². The van der Waals surface area contributed by atoms with Gasteiger partial charge in [0.15, 0.2) is 0 Å². The number of carbonyl (C=O) groups is 2. The first-order chi connectivity index (χ1) is 6.04. The van der Waals surface area contributed by atoms with Crippen LogP contribution in [0.1, 0.15) is 26.7 Å². The van der Waals surface area contributed by atoms with E-state index in [4.69, 9.17) is 5.84 Å². The van der Waals surface area contributed by atoms with E-state index in [1.54, 1.807) is 7.05 Å². The van der Waals surface area contributed by atoms with Crippen LogP contribution in [-0.2, 0) is 9.59 Å². The molecule has 5 heteroatoms. The smallest absolute Gasteiger partial charge is 0.323 e. The van der Waals surface area contributed by atoms with E-state index < -0.39 is 11.8 Å². The Morgan fingerprint density at radius 3 is 2.46 bits per heavy atom. The molecule has 0 saturated heterocycles. The van der Waals surface area contributed by atoms with Gasteiger partial charge in [0.1, 0.15) is 0 Å². The van der Waals surface area contributed by atoms with Crippen molar-refractivity contribution in [3.05, 3.63) is 0 Å². The second kappa shape index (κ2) is 5.53. The van der Waals surface area contributed by atoms with Crippen molar-refractivity contribution in [2.75, 3.05) is 7.05 Å². The minimum absolute atomic E-state index is 0.0646. The molecule has 0 aromatic rings. The van der Waals surface area contributed by atoms with Gasteiger partial charge >= 0.3 is 11.8 Å². The number of hydrogen-bond acceptors (Lipinski definition) is 3. The maximum absolute atomic E-state index is 11.2. The first kappa shape index (κ1) is 11.9. The zero-order valence-electron chi connectivity index (χ0n) is 8.33. The highest BCUT2D eigenvalue weighted by Crippen LogP contribution is 2.03. The van der Waals surface area contributed by atoms with Gasteiger partial charge in [-0.15, -0.1) is 0 Å². The number of nitrogens with one attached hydrogen (secondary N) is 1. The highest BCUT2D eigenvalue weighted by Gasteiger charge is 2.20. The Labute approximate surface area is 78.2 Å². The van der Waals surface area contributed by atoms with Crippen molar-refractivity contribution in [3.8, 4) is 0 Å². The average Bonchev–Trinajstić information content (AvgIpc) is 2.14. The molecule has 0 saturated carbocycles. The summed E-state index contributed by atoms with van der Waals surface area (Å²) in [6.45, 7) is 3.92. The molecule has 5 nitrogen and oxygen atoms in total. The summed E-state index contributed by atoms with van der Waals surface area (Å²) in [7, 11) is 1.60. The van der Waals surface area contributed by atoms with Gasteiger partial charge in [0.25, 0.3) is 0 Å². The molecule has 0 aliphatic heterocycles. The lowest BCUT2D eigenvalue weighted by molar-refractivity contribution is -0.146. The highest BCUT2D eigenvalue weighted by atomic mass is 16.2. The van der Waals surface area contributed by atoms with Crippen LogP contribution in [-0.4, -0.2) is 29.8 Å². The largest absolute Gasteiger partial charge is 0.335 e. The van der Waals surface area contributed by atoms with Crippen molar-refractivity contribution in [1.29, 1.82) is 0 Å². The van der Waals surface area contributed by atoms with Gasteiger partial charge in [-0.3, -0.25) is 15.0 Å². The lowest BCUT2D eigenvalue weighted by Gasteiger charge is -2.23. The topological polar surface area (TPSA) is 75.4 Å². The van der Waals surface area contributed by atoms with Crippen LogP contribution in [0.25, 0.3) is 0 Å². The summed E-state index contributed by atoms with van der Waals surface area (Å²) in [6.07, 6.45) is 1.85. The van der Waals surface area contributed by atoms with Gasteiger partial charge in [-0.25, -0.2) is 5.84 Å². The number of nitrogens with two attached hydrogens (primary N) is 1. The quantitative estimate of drug-likeness (QED) is 0.274. The predicted octanol–water partition coefficient (Wildman–Crippen LogP) is -0.377. The van der Waals surface area contributed by atoms with Crippen molar-refractivity contribution < 1.29 is 9.59 Å². The Kier molecular flexibility index (Phi) is 5.06. The molecule has 0 aliphatic rings. The maximum Gasteiger partial charge on any atom is 0.323 e. The number of likely N-dealkylation sites (N-methyl/N-ethyl adjacent to an activating group) is 1. The number of hydrazine groups is 1. The fraction of sp³-hybridized carbons (Fsp3) is 0.750. The lowest BCUT2D eigenvalue weighted by atomic mass is 10.2. The molecule has 13 heavy (non-hydrogen) atoms. The van der Waals surface area contributed by atoms with Gasteiger partial charge < -0.3 is 4.90 Å². The summed E-state index contributed by atoms with van der Waals surface area (Å²) in [6, 6.07) is 0.0646. The van der Waals surface area contributed by atoms with Crippen molar-refractivity contribution in [3.63, 3.8) is 0 Å². The Morgan fingerprint density at radius 1 is 1.54 bits per heavy atom. The van der Waals surface area contributed by atoms with Gasteiger partial charge in [-0.05, 0) is 13.3 Å². The molecule has 0 aliphatic carbocycles.